The summed E-state index contributed by atoms with van der Waals surface area (Å²) in [7, 11) is -3.96. The van der Waals surface area contributed by atoms with Crippen LogP contribution in [0.25, 0.3) is 0 Å². The van der Waals surface area contributed by atoms with Crippen LogP contribution < -0.4 is 4.57 Å². The van der Waals surface area contributed by atoms with Crippen molar-refractivity contribution >= 4 is 21.9 Å². The van der Waals surface area contributed by atoms with E-state index < -0.39 is 16.0 Å². The molecule has 0 bridgehead atoms. The highest BCUT2D eigenvalue weighted by Gasteiger charge is 2.11. The molecule has 0 aromatic carbocycles. The Kier molecular flexibility index (Phi) is 3.29. The van der Waals surface area contributed by atoms with Crippen molar-refractivity contribution in [3.05, 3.63) is 30.8 Å². The number of hydrogen-bond acceptors (Lipinski definition) is 3. The Morgan fingerprint density at radius 2 is 2.00 bits per heavy atom. The molecule has 1 aromatic heterocycles. The fourth-order valence-electron chi connectivity index (χ4n) is 0.814. The summed E-state index contributed by atoms with van der Waals surface area (Å²) in [5.74, 6) is -0.422. The number of hydrogen-bond donors (Lipinski definition) is 1. The van der Waals surface area contributed by atoms with Crippen molar-refractivity contribution in [2.24, 2.45) is 0 Å². The minimum Gasteiger partial charge on any atom is -0.281 e. The molecule has 1 heterocycles. The van der Waals surface area contributed by atoms with Crippen LogP contribution in [0.4, 0.5) is 0 Å². The first kappa shape index (κ1) is 10.5. The zero-order chi connectivity index (χ0) is 9.90. The summed E-state index contributed by atoms with van der Waals surface area (Å²) >= 11 is 1.32. The maximum Gasteiger partial charge on any atom is 0.326 e. The van der Waals surface area contributed by atoms with Gasteiger partial charge in [0.1, 0.15) is 0 Å². The molecule has 0 saturated carbocycles. The summed E-state index contributed by atoms with van der Waals surface area (Å²) in [6.07, 6.45) is 6.74. The van der Waals surface area contributed by atoms with Crippen molar-refractivity contribution in [3.8, 4) is 0 Å². The number of nitrogens with zero attached hydrogens (tertiary/aromatic N) is 1. The number of aromatic nitrogens is 1. The molecule has 0 aliphatic carbocycles. The third-order valence-corrected chi connectivity index (χ3v) is 2.57. The van der Waals surface area contributed by atoms with Gasteiger partial charge in [-0.2, -0.15) is 13.0 Å². The lowest BCUT2D eigenvalue weighted by Gasteiger charge is -1.95. The monoisotopic (exact) mass is 219 g/mol. The van der Waals surface area contributed by atoms with Crippen LogP contribution in [0, 0.1) is 6.26 Å². The summed E-state index contributed by atoms with van der Waals surface area (Å²) in [4.78, 5) is 0.937. The van der Waals surface area contributed by atoms with Gasteiger partial charge in [0.15, 0.2) is 12.4 Å². The predicted molar refractivity (Wildman–Crippen MR) is 49.4 cm³/mol. The van der Waals surface area contributed by atoms with E-state index in [0.29, 0.717) is 0 Å². The van der Waals surface area contributed by atoms with Gasteiger partial charge in [-0.1, -0.05) is 0 Å². The third-order valence-electron chi connectivity index (χ3n) is 1.34. The average molecular weight is 219 g/mol. The van der Waals surface area contributed by atoms with Crippen LogP contribution in [0.2, 0.25) is 0 Å². The highest BCUT2D eigenvalue weighted by atomic mass is 32.2. The van der Waals surface area contributed by atoms with Gasteiger partial charge in [-0.15, -0.1) is 11.8 Å². The van der Waals surface area contributed by atoms with Gasteiger partial charge in [0.25, 0.3) is 5.88 Å². The van der Waals surface area contributed by atoms with Gasteiger partial charge in [-0.3, -0.25) is 4.55 Å². The zero-order valence-corrected chi connectivity index (χ0v) is 8.38. The second-order valence-corrected chi connectivity index (χ2v) is 4.59. The molecule has 0 spiro atoms. The molecule has 1 aromatic rings. The second-order valence-electron chi connectivity index (χ2n) is 2.40. The molecule has 0 saturated heterocycles. The summed E-state index contributed by atoms with van der Waals surface area (Å²) < 4.78 is 30.8. The van der Waals surface area contributed by atoms with Crippen LogP contribution >= 0.6 is 11.8 Å². The molecule has 0 unspecified atom stereocenters. The molecule has 1 rings (SSSR count). The van der Waals surface area contributed by atoms with Crippen molar-refractivity contribution in [2.75, 3.05) is 0 Å². The van der Waals surface area contributed by atoms with Crippen LogP contribution in [0.3, 0.4) is 0 Å². The molecule has 0 atom stereocenters. The molecular formula is C7H9NO3S2+. The molecule has 13 heavy (non-hydrogen) atoms. The smallest absolute Gasteiger partial charge is 0.281 e. The maximum absolute atomic E-state index is 10.5. The van der Waals surface area contributed by atoms with Gasteiger partial charge >= 0.3 is 10.1 Å². The summed E-state index contributed by atoms with van der Waals surface area (Å²) in [5.41, 5.74) is 0. The third kappa shape index (κ3) is 3.75. The Bertz CT molecular complexity index is 371. The number of pyridine rings is 1. The average Bonchev–Trinajstić information content (AvgIpc) is 2.03. The van der Waals surface area contributed by atoms with Gasteiger partial charge in [-0.25, -0.2) is 0 Å². The van der Waals surface area contributed by atoms with E-state index in [9.17, 15) is 8.42 Å². The minimum atomic E-state index is -3.96. The SMILES string of the molecule is [CH2]Sc1cc[n+](CS(=O)(=O)O)cc1. The molecule has 1 N–H and O–H groups in total. The van der Waals surface area contributed by atoms with E-state index in [1.165, 1.54) is 16.3 Å². The highest BCUT2D eigenvalue weighted by Crippen LogP contribution is 2.12. The van der Waals surface area contributed by atoms with Crippen LogP contribution in [-0.4, -0.2) is 13.0 Å². The van der Waals surface area contributed by atoms with E-state index in [1.54, 1.807) is 24.5 Å². The number of rotatable bonds is 3. The Hall–Kier alpha value is -0.590. The van der Waals surface area contributed by atoms with Gasteiger partial charge in [0, 0.05) is 23.3 Å². The van der Waals surface area contributed by atoms with E-state index in [1.807, 2.05) is 0 Å². The molecule has 0 aliphatic rings. The van der Waals surface area contributed by atoms with Crippen LogP contribution in [0.15, 0.2) is 29.4 Å². The maximum atomic E-state index is 10.5. The Balaban J connectivity index is 2.81. The summed E-state index contributed by atoms with van der Waals surface area (Å²) in [5, 5.41) is 0. The fraction of sp³-hybridized carbons (Fsp3) is 0.143. The zero-order valence-electron chi connectivity index (χ0n) is 6.75. The van der Waals surface area contributed by atoms with Crippen LogP contribution in [0.1, 0.15) is 0 Å². The Morgan fingerprint density at radius 1 is 1.46 bits per heavy atom. The molecule has 0 fully saturated rings. The molecule has 4 nitrogen and oxygen atoms in total. The predicted octanol–water partition coefficient (Wildman–Crippen LogP) is 0.703. The lowest BCUT2D eigenvalue weighted by Crippen LogP contribution is -2.36. The summed E-state index contributed by atoms with van der Waals surface area (Å²) in [6.45, 7) is 0. The lowest BCUT2D eigenvalue weighted by molar-refractivity contribution is -0.678. The van der Waals surface area contributed by atoms with Gasteiger partial charge in [0.05, 0.1) is 0 Å². The normalized spacial score (nSPS) is 11.5. The Morgan fingerprint density at radius 3 is 2.38 bits per heavy atom. The van der Waals surface area contributed by atoms with E-state index in [2.05, 4.69) is 6.26 Å². The molecule has 71 valence electrons. The Labute approximate surface area is 81.3 Å². The van der Waals surface area contributed by atoms with Gasteiger partial charge < -0.3 is 0 Å². The van der Waals surface area contributed by atoms with Crippen molar-refractivity contribution < 1.29 is 17.5 Å². The minimum absolute atomic E-state index is 0.422. The second kappa shape index (κ2) is 4.08. The largest absolute Gasteiger partial charge is 0.326 e. The molecule has 6 heteroatoms. The van der Waals surface area contributed by atoms with Crippen molar-refractivity contribution in [2.45, 2.75) is 10.8 Å². The van der Waals surface area contributed by atoms with E-state index in [0.717, 1.165) is 4.90 Å². The summed E-state index contributed by atoms with van der Waals surface area (Å²) in [6, 6.07) is 3.45. The molecular weight excluding hydrogens is 210 g/mol. The number of thioether (sulfide) groups is 1. The molecule has 1 radical (unpaired) electrons. The van der Waals surface area contributed by atoms with E-state index in [-0.39, 0.29) is 0 Å². The first-order valence-electron chi connectivity index (χ1n) is 3.37. The topological polar surface area (TPSA) is 58.2 Å². The van der Waals surface area contributed by atoms with Crippen molar-refractivity contribution in [1.29, 1.82) is 0 Å². The quantitative estimate of drug-likeness (QED) is 0.462. The lowest BCUT2D eigenvalue weighted by atomic mass is 10.5. The highest BCUT2D eigenvalue weighted by molar-refractivity contribution is 8.00. The van der Waals surface area contributed by atoms with Crippen molar-refractivity contribution in [3.63, 3.8) is 0 Å². The van der Waals surface area contributed by atoms with Crippen LogP contribution in [-0.2, 0) is 16.0 Å². The van der Waals surface area contributed by atoms with Crippen LogP contribution in [0.5, 0.6) is 0 Å². The first-order chi connectivity index (χ1) is 6.01. The fourth-order valence-corrected chi connectivity index (χ4v) is 1.68. The van der Waals surface area contributed by atoms with E-state index in [4.69, 9.17) is 4.55 Å². The van der Waals surface area contributed by atoms with E-state index >= 15 is 0 Å². The first-order valence-corrected chi connectivity index (χ1v) is 5.97. The van der Waals surface area contributed by atoms with Gasteiger partial charge in [-0.05, 0) is 0 Å². The standard InChI is InChI=1S/C7H8NO3S2/c1-12-7-2-4-8(5-3-7)6-13(9,10)11/h2-5H,1,6H2/p+1. The van der Waals surface area contributed by atoms with Gasteiger partial charge in [0.2, 0.25) is 0 Å². The molecule has 0 aliphatic heterocycles. The van der Waals surface area contributed by atoms with Crippen molar-refractivity contribution in [1.82, 2.24) is 0 Å². The molecule has 0 amide bonds.